The quantitative estimate of drug-likeness (QED) is 0.224. The van der Waals surface area contributed by atoms with E-state index in [1.807, 2.05) is 0 Å². The van der Waals surface area contributed by atoms with Crippen LogP contribution >= 0.6 is 18.9 Å². The van der Waals surface area contributed by atoms with Crippen molar-refractivity contribution >= 4 is 51.7 Å². The molecule has 2 aromatic carbocycles. The van der Waals surface area contributed by atoms with Gasteiger partial charge in [0.25, 0.3) is 5.56 Å². The van der Waals surface area contributed by atoms with Gasteiger partial charge in [0.2, 0.25) is 0 Å². The molecule has 0 bridgehead atoms. The topological polar surface area (TPSA) is 122 Å². The molecule has 4 aromatic rings. The highest BCUT2D eigenvalue weighted by Gasteiger charge is 2.20. The van der Waals surface area contributed by atoms with Gasteiger partial charge in [0.05, 0.1) is 12.1 Å². The van der Waals surface area contributed by atoms with E-state index in [0.29, 0.717) is 17.7 Å². The average Bonchev–Trinajstić information content (AvgIpc) is 3.41. The van der Waals surface area contributed by atoms with Crippen molar-refractivity contribution in [1.29, 1.82) is 0 Å². The summed E-state index contributed by atoms with van der Waals surface area (Å²) < 4.78 is 23.7. The summed E-state index contributed by atoms with van der Waals surface area (Å²) in [5.74, 6) is 0.487. The molecule has 10 nitrogen and oxygen atoms in total. The minimum atomic E-state index is -4.57. The van der Waals surface area contributed by atoms with Gasteiger partial charge in [-0.2, -0.15) is 0 Å². The molecule has 0 spiro atoms. The molecule has 2 aromatic heterocycles. The zero-order chi connectivity index (χ0) is 27.4. The molecule has 1 saturated heterocycles. The fourth-order valence-electron chi connectivity index (χ4n) is 4.79. The molecule has 3 heterocycles. The number of unbranched alkanes of at least 4 members (excludes halogenated alkanes) is 1. The van der Waals surface area contributed by atoms with Crippen LogP contribution < -0.4 is 15.2 Å². The van der Waals surface area contributed by atoms with E-state index < -0.39 is 25.6 Å². The Labute approximate surface area is 229 Å². The summed E-state index contributed by atoms with van der Waals surface area (Å²) in [6.45, 7) is 5.50. The number of aromatic nitrogens is 1. The molecule has 0 aliphatic carbocycles. The van der Waals surface area contributed by atoms with Crippen molar-refractivity contribution in [3.8, 4) is 5.75 Å². The number of rotatable bonds is 9. The Morgan fingerprint density at radius 3 is 2.59 bits per heavy atom. The van der Waals surface area contributed by atoms with Gasteiger partial charge in [-0.1, -0.05) is 6.07 Å². The highest BCUT2D eigenvalue weighted by molar-refractivity contribution is 7.51. The van der Waals surface area contributed by atoms with Crippen LogP contribution in [0.25, 0.3) is 21.0 Å². The van der Waals surface area contributed by atoms with E-state index in [1.54, 1.807) is 35.6 Å². The van der Waals surface area contributed by atoms with Crippen LogP contribution in [-0.2, 0) is 9.30 Å². The fraction of sp³-hybridized carbons (Fsp3) is 0.333. The Morgan fingerprint density at radius 2 is 1.79 bits per heavy atom. The summed E-state index contributed by atoms with van der Waals surface area (Å²) in [6.07, 6.45) is -0.436. The molecule has 1 aliphatic heterocycles. The summed E-state index contributed by atoms with van der Waals surface area (Å²) in [5, 5.41) is 4.06. The fourth-order valence-corrected chi connectivity index (χ4v) is 5.87. The SMILES string of the molecule is O=C(OCP(=O)(O)O)n1c(=O)ccc2ccc(OCCCCN3CCN(c4cccc5sccc45)CC3)cc21. The maximum Gasteiger partial charge on any atom is 0.422 e. The molecular weight excluding hydrogens is 541 g/mol. The van der Waals surface area contributed by atoms with E-state index in [0.717, 1.165) is 50.1 Å². The van der Waals surface area contributed by atoms with Crippen molar-refractivity contribution in [2.24, 2.45) is 0 Å². The van der Waals surface area contributed by atoms with Crippen LogP contribution in [0.15, 0.2) is 64.8 Å². The molecule has 2 N–H and O–H groups in total. The van der Waals surface area contributed by atoms with Crippen molar-refractivity contribution in [1.82, 2.24) is 9.47 Å². The maximum atomic E-state index is 12.4. The van der Waals surface area contributed by atoms with Crippen molar-refractivity contribution in [2.75, 3.05) is 50.6 Å². The first kappa shape index (κ1) is 27.4. The summed E-state index contributed by atoms with van der Waals surface area (Å²) in [4.78, 5) is 47.6. The summed E-state index contributed by atoms with van der Waals surface area (Å²) in [6, 6.07) is 16.5. The van der Waals surface area contributed by atoms with E-state index in [-0.39, 0.29) is 5.52 Å². The number of thiophene rings is 1. The number of carbonyl (C=O) groups is 1. The molecule has 39 heavy (non-hydrogen) atoms. The third kappa shape index (κ3) is 6.69. The molecule has 0 atom stereocenters. The van der Waals surface area contributed by atoms with Crippen molar-refractivity contribution in [3.05, 3.63) is 70.3 Å². The lowest BCUT2D eigenvalue weighted by molar-refractivity contribution is 0.157. The molecule has 12 heteroatoms. The Hall–Kier alpha value is -3.21. The van der Waals surface area contributed by atoms with Crippen LogP contribution in [0.3, 0.4) is 0 Å². The summed E-state index contributed by atoms with van der Waals surface area (Å²) in [7, 11) is -4.57. The zero-order valence-electron chi connectivity index (χ0n) is 21.3. The first-order chi connectivity index (χ1) is 18.8. The normalized spacial score (nSPS) is 14.7. The smallest absolute Gasteiger partial charge is 0.422 e. The van der Waals surface area contributed by atoms with Gasteiger partial charge in [-0.25, -0.2) is 9.36 Å². The number of piperazine rings is 1. The second-order valence-electron chi connectivity index (χ2n) is 9.43. The predicted octanol–water partition coefficient (Wildman–Crippen LogP) is 4.32. The van der Waals surface area contributed by atoms with E-state index in [9.17, 15) is 14.2 Å². The van der Waals surface area contributed by atoms with Gasteiger partial charge in [-0.3, -0.25) is 14.3 Å². The number of hydrogen-bond acceptors (Lipinski definition) is 8. The minimum Gasteiger partial charge on any atom is -0.494 e. The lowest BCUT2D eigenvalue weighted by Crippen LogP contribution is -2.46. The number of hydrogen-bond donors (Lipinski definition) is 2. The molecule has 1 aliphatic rings. The second-order valence-corrected chi connectivity index (χ2v) is 12.0. The number of carbonyl (C=O) groups excluding carboxylic acids is 1. The summed E-state index contributed by atoms with van der Waals surface area (Å²) in [5.41, 5.74) is 0.895. The van der Waals surface area contributed by atoms with Gasteiger partial charge < -0.3 is 24.2 Å². The number of ether oxygens (including phenoxy) is 2. The van der Waals surface area contributed by atoms with Gasteiger partial charge in [0.1, 0.15) is 5.75 Å². The van der Waals surface area contributed by atoms with Crippen LogP contribution in [-0.4, -0.2) is 71.0 Å². The first-order valence-electron chi connectivity index (χ1n) is 12.7. The molecule has 5 rings (SSSR count). The number of fused-ring (bicyclic) bond motifs is 2. The summed E-state index contributed by atoms with van der Waals surface area (Å²) >= 11 is 1.78. The van der Waals surface area contributed by atoms with E-state index in [4.69, 9.17) is 14.5 Å². The lowest BCUT2D eigenvalue weighted by atomic mass is 10.2. The Balaban J connectivity index is 1.11. The zero-order valence-corrected chi connectivity index (χ0v) is 23.0. The number of nitrogens with zero attached hydrogens (tertiary/aromatic N) is 3. The maximum absolute atomic E-state index is 12.4. The van der Waals surface area contributed by atoms with Crippen molar-refractivity contribution in [3.63, 3.8) is 0 Å². The third-order valence-corrected chi connectivity index (χ3v) is 8.08. The van der Waals surface area contributed by atoms with Crippen molar-refractivity contribution < 1.29 is 28.6 Å². The van der Waals surface area contributed by atoms with Crippen LogP contribution in [0.1, 0.15) is 12.8 Å². The van der Waals surface area contributed by atoms with Gasteiger partial charge in [0.15, 0.2) is 6.35 Å². The molecule has 1 fully saturated rings. The number of benzene rings is 2. The number of pyridine rings is 1. The number of anilines is 1. The van der Waals surface area contributed by atoms with Crippen LogP contribution in [0.2, 0.25) is 0 Å². The van der Waals surface area contributed by atoms with Gasteiger partial charge in [-0.05, 0) is 66.6 Å². The van der Waals surface area contributed by atoms with Crippen molar-refractivity contribution in [2.45, 2.75) is 12.8 Å². The highest BCUT2D eigenvalue weighted by Crippen LogP contribution is 2.34. The van der Waals surface area contributed by atoms with E-state index in [2.05, 4.69) is 44.2 Å². The highest BCUT2D eigenvalue weighted by atomic mass is 32.1. The standard InChI is InChI=1S/C27H30N3O7PS/c31-26-9-7-20-6-8-21(18-24(20)30(26)27(32)37-19-38(33,34)35)36-16-2-1-11-28-12-14-29(15-13-28)23-4-3-5-25-22(23)10-17-39-25/h3-10,17-18H,1-2,11-16,19H2,(H2,33,34,35). The van der Waals surface area contributed by atoms with Gasteiger partial charge in [-0.15, -0.1) is 11.3 Å². The largest absolute Gasteiger partial charge is 0.494 e. The Bertz CT molecular complexity index is 1570. The van der Waals surface area contributed by atoms with Crippen LogP contribution in [0.5, 0.6) is 5.75 Å². The Kier molecular flexibility index (Phi) is 8.34. The molecular formula is C27H30N3O7PS. The molecule has 0 radical (unpaired) electrons. The second kappa shape index (κ2) is 11.9. The van der Waals surface area contributed by atoms with Crippen LogP contribution in [0.4, 0.5) is 10.5 Å². The molecule has 0 saturated carbocycles. The van der Waals surface area contributed by atoms with E-state index >= 15 is 0 Å². The monoisotopic (exact) mass is 571 g/mol. The van der Waals surface area contributed by atoms with Gasteiger partial charge >= 0.3 is 13.7 Å². The average molecular weight is 572 g/mol. The Morgan fingerprint density at radius 1 is 1.00 bits per heavy atom. The van der Waals surface area contributed by atoms with Gasteiger partial charge in [0, 0.05) is 54.1 Å². The lowest BCUT2D eigenvalue weighted by Gasteiger charge is -2.36. The molecule has 206 valence electrons. The molecule has 0 amide bonds. The van der Waals surface area contributed by atoms with E-state index in [1.165, 1.54) is 21.8 Å². The predicted molar refractivity (Wildman–Crippen MR) is 152 cm³/mol. The minimum absolute atomic E-state index is 0.242. The first-order valence-corrected chi connectivity index (χ1v) is 15.4. The third-order valence-electron chi connectivity index (χ3n) is 6.73. The molecule has 0 unspecified atom stereocenters. The van der Waals surface area contributed by atoms with Crippen LogP contribution in [0, 0.1) is 0 Å².